The quantitative estimate of drug-likeness (QED) is 0.783. The molecule has 0 unspecified atom stereocenters. The maximum absolute atomic E-state index is 5.93. The SMILES string of the molecule is CC(C)(C1CC1)n1c(CCCl)nc2cc(Br)cnc21. The van der Waals surface area contributed by atoms with Crippen LogP contribution >= 0.6 is 27.5 Å². The molecule has 1 aliphatic carbocycles. The van der Waals surface area contributed by atoms with Gasteiger partial charge in [0.2, 0.25) is 0 Å². The third kappa shape index (κ3) is 2.29. The number of hydrogen-bond donors (Lipinski definition) is 0. The van der Waals surface area contributed by atoms with Crippen molar-refractivity contribution in [1.82, 2.24) is 14.5 Å². The second-order valence-corrected chi connectivity index (χ2v) is 7.02. The molecule has 0 amide bonds. The largest absolute Gasteiger partial charge is 0.307 e. The van der Waals surface area contributed by atoms with Crippen LogP contribution in [0.2, 0.25) is 0 Å². The van der Waals surface area contributed by atoms with Gasteiger partial charge in [0.1, 0.15) is 11.3 Å². The van der Waals surface area contributed by atoms with Crippen LogP contribution in [0.3, 0.4) is 0 Å². The summed E-state index contributed by atoms with van der Waals surface area (Å²) in [4.78, 5) is 9.30. The first-order chi connectivity index (χ1) is 9.04. The Hall–Kier alpha value is -0.610. The van der Waals surface area contributed by atoms with Crippen LogP contribution in [0.15, 0.2) is 16.7 Å². The zero-order valence-corrected chi connectivity index (χ0v) is 13.5. The summed E-state index contributed by atoms with van der Waals surface area (Å²) in [6, 6.07) is 2.03. The van der Waals surface area contributed by atoms with Gasteiger partial charge in [0, 0.05) is 28.5 Å². The maximum atomic E-state index is 5.93. The Morgan fingerprint density at radius 2 is 2.21 bits per heavy atom. The number of aryl methyl sites for hydroxylation is 1. The molecular formula is C14H17BrClN3. The Labute approximate surface area is 126 Å². The number of fused-ring (bicyclic) bond motifs is 1. The summed E-state index contributed by atoms with van der Waals surface area (Å²) in [7, 11) is 0. The minimum atomic E-state index is 0.0664. The van der Waals surface area contributed by atoms with Crippen LogP contribution in [0, 0.1) is 5.92 Å². The molecule has 1 fully saturated rings. The average Bonchev–Trinajstić information content (AvgIpc) is 3.12. The molecular weight excluding hydrogens is 326 g/mol. The van der Waals surface area contributed by atoms with Gasteiger partial charge < -0.3 is 4.57 Å². The Balaban J connectivity index is 2.21. The van der Waals surface area contributed by atoms with Gasteiger partial charge in [-0.25, -0.2) is 9.97 Å². The highest BCUT2D eigenvalue weighted by Crippen LogP contribution is 2.45. The summed E-state index contributed by atoms with van der Waals surface area (Å²) >= 11 is 9.39. The van der Waals surface area contributed by atoms with Gasteiger partial charge in [-0.15, -0.1) is 11.6 Å². The van der Waals surface area contributed by atoms with Crippen molar-refractivity contribution in [3.05, 3.63) is 22.6 Å². The first-order valence-electron chi connectivity index (χ1n) is 6.63. The number of alkyl halides is 1. The monoisotopic (exact) mass is 341 g/mol. The van der Waals surface area contributed by atoms with E-state index in [1.165, 1.54) is 12.8 Å². The third-order valence-corrected chi connectivity index (χ3v) is 4.63. The molecule has 0 aliphatic heterocycles. The summed E-state index contributed by atoms with van der Waals surface area (Å²) in [6.07, 6.45) is 5.21. The summed E-state index contributed by atoms with van der Waals surface area (Å²) in [5.74, 6) is 2.36. The van der Waals surface area contributed by atoms with Gasteiger partial charge in [0.25, 0.3) is 0 Å². The van der Waals surface area contributed by atoms with Crippen LogP contribution in [-0.4, -0.2) is 20.4 Å². The van der Waals surface area contributed by atoms with Gasteiger partial charge in [-0.05, 0) is 54.6 Å². The molecule has 5 heteroatoms. The van der Waals surface area contributed by atoms with E-state index in [0.29, 0.717) is 5.88 Å². The smallest absolute Gasteiger partial charge is 0.160 e. The predicted octanol–water partition coefficient (Wildman–Crippen LogP) is 4.12. The molecule has 3 nitrogen and oxygen atoms in total. The lowest BCUT2D eigenvalue weighted by molar-refractivity contribution is 0.303. The summed E-state index contributed by atoms with van der Waals surface area (Å²) in [6.45, 7) is 4.57. The highest BCUT2D eigenvalue weighted by Gasteiger charge is 2.41. The fourth-order valence-corrected chi connectivity index (χ4v) is 3.31. The van der Waals surface area contributed by atoms with E-state index in [0.717, 1.165) is 33.8 Å². The van der Waals surface area contributed by atoms with Crippen molar-refractivity contribution in [3.8, 4) is 0 Å². The molecule has 0 N–H and O–H groups in total. The maximum Gasteiger partial charge on any atom is 0.160 e. The van der Waals surface area contributed by atoms with E-state index in [1.54, 1.807) is 0 Å². The fourth-order valence-electron chi connectivity index (χ4n) is 2.82. The molecule has 102 valence electrons. The Morgan fingerprint density at radius 1 is 1.47 bits per heavy atom. The predicted molar refractivity (Wildman–Crippen MR) is 81.7 cm³/mol. The summed E-state index contributed by atoms with van der Waals surface area (Å²) in [5.41, 5.74) is 1.99. The molecule has 1 aliphatic rings. The minimum absolute atomic E-state index is 0.0664. The van der Waals surface area contributed by atoms with Crippen LogP contribution in [0.25, 0.3) is 11.2 Å². The van der Waals surface area contributed by atoms with E-state index in [9.17, 15) is 0 Å². The zero-order chi connectivity index (χ0) is 13.6. The van der Waals surface area contributed by atoms with E-state index in [4.69, 9.17) is 16.6 Å². The van der Waals surface area contributed by atoms with Gasteiger partial charge >= 0.3 is 0 Å². The highest BCUT2D eigenvalue weighted by atomic mass is 79.9. The van der Waals surface area contributed by atoms with Crippen molar-refractivity contribution in [2.45, 2.75) is 38.6 Å². The molecule has 2 heterocycles. The van der Waals surface area contributed by atoms with Gasteiger partial charge in [-0.1, -0.05) is 0 Å². The van der Waals surface area contributed by atoms with E-state index >= 15 is 0 Å². The number of halogens is 2. The second kappa shape index (κ2) is 4.74. The molecule has 0 saturated heterocycles. The highest BCUT2D eigenvalue weighted by molar-refractivity contribution is 9.10. The second-order valence-electron chi connectivity index (χ2n) is 5.73. The van der Waals surface area contributed by atoms with Crippen molar-refractivity contribution < 1.29 is 0 Å². The van der Waals surface area contributed by atoms with Crippen LogP contribution in [0.4, 0.5) is 0 Å². The lowest BCUT2D eigenvalue weighted by atomic mass is 9.98. The third-order valence-electron chi connectivity index (χ3n) is 4.00. The number of hydrogen-bond acceptors (Lipinski definition) is 2. The molecule has 2 aromatic heterocycles. The van der Waals surface area contributed by atoms with Gasteiger partial charge in [-0.3, -0.25) is 0 Å². The van der Waals surface area contributed by atoms with Crippen LogP contribution in [0.5, 0.6) is 0 Å². The molecule has 0 bridgehead atoms. The first kappa shape index (κ1) is 13.4. The van der Waals surface area contributed by atoms with Gasteiger partial charge in [0.15, 0.2) is 5.65 Å². The van der Waals surface area contributed by atoms with Crippen LogP contribution in [0.1, 0.15) is 32.5 Å². The number of aromatic nitrogens is 3. The number of imidazole rings is 1. The number of nitrogens with zero attached hydrogens (tertiary/aromatic N) is 3. The van der Waals surface area contributed by atoms with E-state index in [2.05, 4.69) is 39.3 Å². The van der Waals surface area contributed by atoms with Crippen molar-refractivity contribution >= 4 is 38.7 Å². The molecule has 19 heavy (non-hydrogen) atoms. The first-order valence-corrected chi connectivity index (χ1v) is 7.96. The van der Waals surface area contributed by atoms with Crippen molar-refractivity contribution in [2.24, 2.45) is 5.92 Å². The average molecular weight is 343 g/mol. The zero-order valence-electron chi connectivity index (χ0n) is 11.2. The molecule has 0 radical (unpaired) electrons. The summed E-state index contributed by atoms with van der Waals surface area (Å²) < 4.78 is 3.26. The molecule has 0 atom stereocenters. The normalized spacial score (nSPS) is 16.2. The molecule has 1 saturated carbocycles. The number of pyridine rings is 1. The van der Waals surface area contributed by atoms with Crippen molar-refractivity contribution in [2.75, 3.05) is 5.88 Å². The standard InChI is InChI=1S/C14H17BrClN3/c1-14(2,9-3-4-9)19-12(5-6-16)18-11-7-10(15)8-17-13(11)19/h7-9H,3-6H2,1-2H3. The van der Waals surface area contributed by atoms with Gasteiger partial charge in [-0.2, -0.15) is 0 Å². The molecule has 0 spiro atoms. The van der Waals surface area contributed by atoms with Crippen LogP contribution in [-0.2, 0) is 12.0 Å². The summed E-state index contributed by atoms with van der Waals surface area (Å²) in [5, 5.41) is 0. The molecule has 3 rings (SSSR count). The Morgan fingerprint density at radius 3 is 2.84 bits per heavy atom. The Bertz CT molecular complexity index is 616. The fraction of sp³-hybridized carbons (Fsp3) is 0.571. The van der Waals surface area contributed by atoms with Crippen LogP contribution < -0.4 is 0 Å². The van der Waals surface area contributed by atoms with E-state index in [-0.39, 0.29) is 5.54 Å². The lowest BCUT2D eigenvalue weighted by Crippen LogP contribution is -2.30. The Kier molecular flexibility index (Phi) is 3.34. The molecule has 2 aromatic rings. The topological polar surface area (TPSA) is 30.7 Å². The van der Waals surface area contributed by atoms with E-state index in [1.807, 2.05) is 12.3 Å². The van der Waals surface area contributed by atoms with E-state index < -0.39 is 0 Å². The van der Waals surface area contributed by atoms with Gasteiger partial charge in [0.05, 0.1) is 0 Å². The minimum Gasteiger partial charge on any atom is -0.307 e. The van der Waals surface area contributed by atoms with Crippen molar-refractivity contribution in [3.63, 3.8) is 0 Å². The lowest BCUT2D eigenvalue weighted by Gasteiger charge is -2.29. The van der Waals surface area contributed by atoms with Crippen molar-refractivity contribution in [1.29, 1.82) is 0 Å². The molecule has 0 aromatic carbocycles. The number of rotatable bonds is 4.